The number of rotatable bonds is 8. The zero-order valence-electron chi connectivity index (χ0n) is 11.2. The summed E-state index contributed by atoms with van der Waals surface area (Å²) in [5.74, 6) is 1.92. The van der Waals surface area contributed by atoms with E-state index in [0.717, 1.165) is 5.56 Å². The van der Waals surface area contributed by atoms with Crippen molar-refractivity contribution in [1.29, 1.82) is 0 Å². The summed E-state index contributed by atoms with van der Waals surface area (Å²) in [6, 6.07) is 3.80. The first-order chi connectivity index (χ1) is 8.72. The van der Waals surface area contributed by atoms with Crippen LogP contribution in [0, 0.1) is 6.92 Å². The monoisotopic (exact) mass is 255 g/mol. The molecule has 1 aromatic rings. The number of ether oxygens (including phenoxy) is 4. The van der Waals surface area contributed by atoms with Crippen LogP contribution in [0.1, 0.15) is 5.56 Å². The van der Waals surface area contributed by atoms with E-state index in [1.54, 1.807) is 14.2 Å². The molecule has 0 saturated heterocycles. The van der Waals surface area contributed by atoms with E-state index in [9.17, 15) is 0 Å². The first-order valence-electron chi connectivity index (χ1n) is 5.86. The van der Waals surface area contributed by atoms with Crippen molar-refractivity contribution in [3.05, 3.63) is 17.7 Å². The summed E-state index contributed by atoms with van der Waals surface area (Å²) >= 11 is 0. The van der Waals surface area contributed by atoms with Crippen LogP contribution in [-0.4, -0.2) is 40.6 Å². The van der Waals surface area contributed by atoms with Gasteiger partial charge < -0.3 is 24.7 Å². The minimum absolute atomic E-state index is 0.426. The molecular formula is C13H21NO4. The number of benzene rings is 1. The number of aryl methyl sites for hydroxylation is 1. The van der Waals surface area contributed by atoms with Gasteiger partial charge in [0.05, 0.1) is 27.4 Å². The van der Waals surface area contributed by atoms with E-state index in [1.807, 2.05) is 19.1 Å². The minimum Gasteiger partial charge on any atom is -0.493 e. The van der Waals surface area contributed by atoms with Crippen molar-refractivity contribution in [3.63, 3.8) is 0 Å². The summed E-state index contributed by atoms with van der Waals surface area (Å²) in [6.45, 7) is 3.93. The number of methoxy groups -OCH3 is 2. The van der Waals surface area contributed by atoms with Gasteiger partial charge in [-0.25, -0.2) is 0 Å². The molecule has 0 saturated carbocycles. The lowest BCUT2D eigenvalue weighted by Gasteiger charge is -2.15. The molecule has 102 valence electrons. The lowest BCUT2D eigenvalue weighted by molar-refractivity contribution is 0.103. The third-order valence-corrected chi connectivity index (χ3v) is 2.34. The second kappa shape index (κ2) is 7.79. The summed E-state index contributed by atoms with van der Waals surface area (Å²) in [5.41, 5.74) is 6.38. The molecular weight excluding hydrogens is 234 g/mol. The van der Waals surface area contributed by atoms with Gasteiger partial charge >= 0.3 is 0 Å². The SMILES string of the molecule is COc1cc(C)cc(OC)c1OCCOCCN. The highest BCUT2D eigenvalue weighted by molar-refractivity contribution is 5.53. The summed E-state index contributed by atoms with van der Waals surface area (Å²) in [4.78, 5) is 0. The molecule has 0 aromatic heterocycles. The highest BCUT2D eigenvalue weighted by Gasteiger charge is 2.12. The van der Waals surface area contributed by atoms with E-state index in [-0.39, 0.29) is 0 Å². The quantitative estimate of drug-likeness (QED) is 0.711. The predicted octanol–water partition coefficient (Wildman–Crippen LogP) is 1.37. The van der Waals surface area contributed by atoms with Gasteiger partial charge in [0.1, 0.15) is 6.61 Å². The molecule has 2 N–H and O–H groups in total. The molecule has 0 radical (unpaired) electrons. The maximum Gasteiger partial charge on any atom is 0.203 e. The lowest BCUT2D eigenvalue weighted by atomic mass is 10.2. The van der Waals surface area contributed by atoms with Gasteiger partial charge in [-0.05, 0) is 24.6 Å². The topological polar surface area (TPSA) is 62.9 Å². The van der Waals surface area contributed by atoms with E-state index in [0.29, 0.717) is 43.6 Å². The number of hydrogen-bond acceptors (Lipinski definition) is 5. The predicted molar refractivity (Wildman–Crippen MR) is 69.7 cm³/mol. The third-order valence-electron chi connectivity index (χ3n) is 2.34. The highest BCUT2D eigenvalue weighted by Crippen LogP contribution is 2.38. The Balaban J connectivity index is 2.67. The van der Waals surface area contributed by atoms with Crippen molar-refractivity contribution in [2.45, 2.75) is 6.92 Å². The molecule has 0 bridgehead atoms. The van der Waals surface area contributed by atoms with E-state index in [1.165, 1.54) is 0 Å². The van der Waals surface area contributed by atoms with Gasteiger partial charge in [-0.2, -0.15) is 0 Å². The Bertz CT molecular complexity index is 343. The third kappa shape index (κ3) is 4.09. The van der Waals surface area contributed by atoms with E-state index in [2.05, 4.69) is 0 Å². The van der Waals surface area contributed by atoms with E-state index >= 15 is 0 Å². The van der Waals surface area contributed by atoms with Crippen LogP contribution in [0.25, 0.3) is 0 Å². The summed E-state index contributed by atoms with van der Waals surface area (Å²) in [5, 5.41) is 0. The fourth-order valence-electron chi connectivity index (χ4n) is 1.54. The standard InChI is InChI=1S/C13H21NO4/c1-10-8-11(15-2)13(12(9-10)16-3)18-7-6-17-5-4-14/h8-9H,4-7,14H2,1-3H3. The zero-order valence-corrected chi connectivity index (χ0v) is 11.2. The maximum atomic E-state index is 5.64. The van der Waals surface area contributed by atoms with Crippen LogP contribution >= 0.6 is 0 Å². The molecule has 0 spiro atoms. The van der Waals surface area contributed by atoms with Gasteiger partial charge in [-0.3, -0.25) is 0 Å². The Morgan fingerprint density at radius 3 is 2.11 bits per heavy atom. The van der Waals surface area contributed by atoms with Crippen molar-refractivity contribution in [2.24, 2.45) is 5.73 Å². The Morgan fingerprint density at radius 1 is 1.00 bits per heavy atom. The van der Waals surface area contributed by atoms with Gasteiger partial charge in [0.15, 0.2) is 11.5 Å². The van der Waals surface area contributed by atoms with Crippen LogP contribution in [0.4, 0.5) is 0 Å². The molecule has 0 fully saturated rings. The number of hydrogen-bond donors (Lipinski definition) is 1. The Hall–Kier alpha value is -1.46. The Labute approximate surface area is 108 Å². The van der Waals surface area contributed by atoms with Crippen LogP contribution in [-0.2, 0) is 4.74 Å². The molecule has 0 atom stereocenters. The molecule has 0 aliphatic heterocycles. The van der Waals surface area contributed by atoms with Gasteiger partial charge in [0.25, 0.3) is 0 Å². The van der Waals surface area contributed by atoms with Crippen LogP contribution in [0.2, 0.25) is 0 Å². The highest BCUT2D eigenvalue weighted by atomic mass is 16.6. The molecule has 0 aliphatic rings. The second-order valence-corrected chi connectivity index (χ2v) is 3.75. The summed E-state index contributed by atoms with van der Waals surface area (Å²) < 4.78 is 21.4. The smallest absolute Gasteiger partial charge is 0.203 e. The summed E-state index contributed by atoms with van der Waals surface area (Å²) in [6.07, 6.45) is 0. The normalized spacial score (nSPS) is 10.2. The minimum atomic E-state index is 0.426. The first-order valence-corrected chi connectivity index (χ1v) is 5.86. The fourth-order valence-corrected chi connectivity index (χ4v) is 1.54. The lowest BCUT2D eigenvalue weighted by Crippen LogP contribution is -2.13. The largest absolute Gasteiger partial charge is 0.493 e. The van der Waals surface area contributed by atoms with Crippen molar-refractivity contribution < 1.29 is 18.9 Å². The molecule has 0 aliphatic carbocycles. The van der Waals surface area contributed by atoms with Gasteiger partial charge in [0.2, 0.25) is 5.75 Å². The molecule has 0 unspecified atom stereocenters. The van der Waals surface area contributed by atoms with Crippen LogP contribution in [0.15, 0.2) is 12.1 Å². The average molecular weight is 255 g/mol. The van der Waals surface area contributed by atoms with Crippen LogP contribution < -0.4 is 19.9 Å². The molecule has 18 heavy (non-hydrogen) atoms. The zero-order chi connectivity index (χ0) is 13.4. The number of nitrogens with two attached hydrogens (primary N) is 1. The van der Waals surface area contributed by atoms with Gasteiger partial charge in [0, 0.05) is 6.54 Å². The van der Waals surface area contributed by atoms with Crippen LogP contribution in [0.3, 0.4) is 0 Å². The molecule has 1 aromatic carbocycles. The Kier molecular flexibility index (Phi) is 6.32. The fraction of sp³-hybridized carbons (Fsp3) is 0.538. The Morgan fingerprint density at radius 2 is 1.61 bits per heavy atom. The van der Waals surface area contributed by atoms with E-state index < -0.39 is 0 Å². The first kappa shape index (κ1) is 14.6. The van der Waals surface area contributed by atoms with Crippen molar-refractivity contribution in [1.82, 2.24) is 0 Å². The molecule has 5 nitrogen and oxygen atoms in total. The van der Waals surface area contributed by atoms with Gasteiger partial charge in [-0.1, -0.05) is 0 Å². The maximum absolute atomic E-state index is 5.64. The molecule has 1 rings (SSSR count). The van der Waals surface area contributed by atoms with Crippen molar-refractivity contribution in [3.8, 4) is 17.2 Å². The average Bonchev–Trinajstić information content (AvgIpc) is 2.39. The van der Waals surface area contributed by atoms with Gasteiger partial charge in [-0.15, -0.1) is 0 Å². The van der Waals surface area contributed by atoms with Crippen LogP contribution in [0.5, 0.6) is 17.2 Å². The van der Waals surface area contributed by atoms with E-state index in [4.69, 9.17) is 24.7 Å². The molecule has 0 amide bonds. The van der Waals surface area contributed by atoms with Crippen molar-refractivity contribution in [2.75, 3.05) is 40.6 Å². The summed E-state index contributed by atoms with van der Waals surface area (Å²) in [7, 11) is 3.21. The van der Waals surface area contributed by atoms with Crippen molar-refractivity contribution >= 4 is 0 Å². The molecule has 5 heteroatoms. The molecule has 0 heterocycles. The second-order valence-electron chi connectivity index (χ2n) is 3.75.